The van der Waals surface area contributed by atoms with Gasteiger partial charge >= 0.3 is 0 Å². The summed E-state index contributed by atoms with van der Waals surface area (Å²) in [5.41, 5.74) is 1.28. The lowest BCUT2D eigenvalue weighted by atomic mass is 9.91. The van der Waals surface area contributed by atoms with E-state index in [1.54, 1.807) is 0 Å². The standard InChI is InChI=1S/C18H26N2O3/c21-13-15-8-9-20(11-14-5-2-1-3-6-14)12-16(15)19-18(22)17-7-4-10-23-17/h1-3,5-6,15-17,21H,4,7-13H2,(H,19,22). The number of aliphatic hydroxyl groups excluding tert-OH is 1. The quantitative estimate of drug-likeness (QED) is 0.855. The molecule has 1 aromatic carbocycles. The summed E-state index contributed by atoms with van der Waals surface area (Å²) >= 11 is 0. The van der Waals surface area contributed by atoms with Gasteiger partial charge < -0.3 is 15.2 Å². The molecule has 126 valence electrons. The van der Waals surface area contributed by atoms with Crippen molar-refractivity contribution in [3.05, 3.63) is 35.9 Å². The molecule has 2 aliphatic rings. The molecule has 2 aliphatic heterocycles. The Kier molecular flexibility index (Phi) is 5.65. The Balaban J connectivity index is 1.58. The van der Waals surface area contributed by atoms with Crippen molar-refractivity contribution in [2.24, 2.45) is 5.92 Å². The Morgan fingerprint density at radius 3 is 2.83 bits per heavy atom. The van der Waals surface area contributed by atoms with Crippen LogP contribution in [-0.2, 0) is 16.1 Å². The molecule has 3 unspecified atom stereocenters. The third kappa shape index (κ3) is 4.31. The first-order valence-corrected chi connectivity index (χ1v) is 8.55. The number of carbonyl (C=O) groups is 1. The largest absolute Gasteiger partial charge is 0.396 e. The van der Waals surface area contributed by atoms with Crippen LogP contribution in [0.4, 0.5) is 0 Å². The Labute approximate surface area is 137 Å². The normalized spacial score (nSPS) is 28.7. The second kappa shape index (κ2) is 7.90. The number of ether oxygens (including phenoxy) is 1. The van der Waals surface area contributed by atoms with Crippen LogP contribution in [0.25, 0.3) is 0 Å². The van der Waals surface area contributed by atoms with Gasteiger partial charge in [0.2, 0.25) is 5.91 Å². The first kappa shape index (κ1) is 16.4. The summed E-state index contributed by atoms with van der Waals surface area (Å²) in [6, 6.07) is 10.4. The number of rotatable bonds is 5. The average Bonchev–Trinajstić information content (AvgIpc) is 3.11. The zero-order valence-corrected chi connectivity index (χ0v) is 13.5. The number of benzene rings is 1. The van der Waals surface area contributed by atoms with Crippen LogP contribution in [-0.4, -0.2) is 54.4 Å². The lowest BCUT2D eigenvalue weighted by molar-refractivity contribution is -0.131. The number of hydrogen-bond acceptors (Lipinski definition) is 4. The van der Waals surface area contributed by atoms with Gasteiger partial charge in [0.15, 0.2) is 0 Å². The van der Waals surface area contributed by atoms with E-state index in [-0.39, 0.29) is 30.6 Å². The van der Waals surface area contributed by atoms with Crippen molar-refractivity contribution in [2.75, 3.05) is 26.3 Å². The Morgan fingerprint density at radius 1 is 1.30 bits per heavy atom. The molecule has 2 fully saturated rings. The molecule has 0 aromatic heterocycles. The number of piperidine rings is 1. The Hall–Kier alpha value is -1.43. The second-order valence-electron chi connectivity index (χ2n) is 6.57. The summed E-state index contributed by atoms with van der Waals surface area (Å²) < 4.78 is 5.46. The molecule has 1 aromatic rings. The molecule has 0 bridgehead atoms. The van der Waals surface area contributed by atoms with Crippen molar-refractivity contribution in [2.45, 2.75) is 38.0 Å². The predicted molar refractivity (Wildman–Crippen MR) is 87.8 cm³/mol. The summed E-state index contributed by atoms with van der Waals surface area (Å²) in [6.45, 7) is 3.40. The molecule has 5 nitrogen and oxygen atoms in total. The fraction of sp³-hybridized carbons (Fsp3) is 0.611. The number of nitrogens with zero attached hydrogens (tertiary/aromatic N) is 1. The molecule has 5 heteroatoms. The SMILES string of the molecule is O=C(NC1CN(Cc2ccccc2)CCC1CO)C1CCCO1. The maximum Gasteiger partial charge on any atom is 0.249 e. The lowest BCUT2D eigenvalue weighted by Gasteiger charge is -2.38. The smallest absolute Gasteiger partial charge is 0.249 e. The van der Waals surface area contributed by atoms with Crippen LogP contribution in [0, 0.1) is 5.92 Å². The number of amides is 1. The fourth-order valence-corrected chi connectivity index (χ4v) is 3.50. The van der Waals surface area contributed by atoms with Crippen LogP contribution in [0.1, 0.15) is 24.8 Å². The Bertz CT molecular complexity index is 502. The van der Waals surface area contributed by atoms with Crippen LogP contribution in [0.3, 0.4) is 0 Å². The van der Waals surface area contributed by atoms with Gasteiger partial charge in [-0.1, -0.05) is 30.3 Å². The summed E-state index contributed by atoms with van der Waals surface area (Å²) in [5, 5.41) is 12.7. The fourth-order valence-electron chi connectivity index (χ4n) is 3.50. The highest BCUT2D eigenvalue weighted by molar-refractivity contribution is 5.81. The first-order valence-electron chi connectivity index (χ1n) is 8.55. The van der Waals surface area contributed by atoms with Crippen molar-refractivity contribution >= 4 is 5.91 Å². The summed E-state index contributed by atoms with van der Waals surface area (Å²) in [6.07, 6.45) is 2.35. The van der Waals surface area contributed by atoms with E-state index in [1.165, 1.54) is 5.56 Å². The number of carbonyl (C=O) groups excluding carboxylic acids is 1. The van der Waals surface area contributed by atoms with Gasteiger partial charge in [-0.2, -0.15) is 0 Å². The third-order valence-electron chi connectivity index (χ3n) is 4.87. The van der Waals surface area contributed by atoms with Crippen molar-refractivity contribution in [1.29, 1.82) is 0 Å². The van der Waals surface area contributed by atoms with Gasteiger partial charge in [-0.15, -0.1) is 0 Å². The molecule has 0 saturated carbocycles. The molecule has 0 radical (unpaired) electrons. The molecule has 0 spiro atoms. The number of likely N-dealkylation sites (tertiary alicyclic amines) is 1. The monoisotopic (exact) mass is 318 g/mol. The highest BCUT2D eigenvalue weighted by atomic mass is 16.5. The molecular weight excluding hydrogens is 292 g/mol. The first-order chi connectivity index (χ1) is 11.3. The molecule has 3 atom stereocenters. The minimum Gasteiger partial charge on any atom is -0.396 e. The number of aliphatic hydroxyl groups is 1. The molecule has 2 saturated heterocycles. The van der Waals surface area contributed by atoms with Crippen molar-refractivity contribution in [3.8, 4) is 0 Å². The number of hydrogen-bond donors (Lipinski definition) is 2. The number of nitrogens with one attached hydrogen (secondary N) is 1. The maximum atomic E-state index is 12.3. The van der Waals surface area contributed by atoms with E-state index < -0.39 is 0 Å². The molecular formula is C18H26N2O3. The van der Waals surface area contributed by atoms with Crippen molar-refractivity contribution in [3.63, 3.8) is 0 Å². The highest BCUT2D eigenvalue weighted by Crippen LogP contribution is 2.20. The van der Waals surface area contributed by atoms with Crippen LogP contribution < -0.4 is 5.32 Å². The van der Waals surface area contributed by atoms with Gasteiger partial charge in [0.1, 0.15) is 6.10 Å². The van der Waals surface area contributed by atoms with Gasteiger partial charge in [0.25, 0.3) is 0 Å². The molecule has 23 heavy (non-hydrogen) atoms. The summed E-state index contributed by atoms with van der Waals surface area (Å²) in [5.74, 6) is 0.111. The molecule has 2 N–H and O–H groups in total. The van der Waals surface area contributed by atoms with Crippen molar-refractivity contribution < 1.29 is 14.6 Å². The van der Waals surface area contributed by atoms with E-state index in [2.05, 4.69) is 22.3 Å². The average molecular weight is 318 g/mol. The topological polar surface area (TPSA) is 61.8 Å². The van der Waals surface area contributed by atoms with Gasteiger partial charge in [-0.05, 0) is 31.4 Å². The zero-order chi connectivity index (χ0) is 16.1. The van der Waals surface area contributed by atoms with E-state index in [0.717, 1.165) is 38.9 Å². The van der Waals surface area contributed by atoms with Crippen LogP contribution in [0.2, 0.25) is 0 Å². The van der Waals surface area contributed by atoms with E-state index in [9.17, 15) is 9.90 Å². The molecule has 2 heterocycles. The minimum absolute atomic E-state index is 0.00541. The second-order valence-corrected chi connectivity index (χ2v) is 6.57. The van der Waals surface area contributed by atoms with E-state index in [0.29, 0.717) is 6.61 Å². The van der Waals surface area contributed by atoms with Crippen LogP contribution >= 0.6 is 0 Å². The summed E-state index contributed by atoms with van der Waals surface area (Å²) in [7, 11) is 0. The predicted octanol–water partition coefficient (Wildman–Crippen LogP) is 1.16. The summed E-state index contributed by atoms with van der Waals surface area (Å²) in [4.78, 5) is 14.7. The van der Waals surface area contributed by atoms with Gasteiger partial charge in [0, 0.05) is 38.3 Å². The zero-order valence-electron chi connectivity index (χ0n) is 13.5. The molecule has 1 amide bonds. The van der Waals surface area contributed by atoms with Gasteiger partial charge in [0.05, 0.1) is 0 Å². The Morgan fingerprint density at radius 2 is 2.13 bits per heavy atom. The molecule has 0 aliphatic carbocycles. The van der Waals surface area contributed by atoms with Crippen LogP contribution in [0.5, 0.6) is 0 Å². The third-order valence-corrected chi connectivity index (χ3v) is 4.87. The van der Waals surface area contributed by atoms with Gasteiger partial charge in [-0.3, -0.25) is 9.69 Å². The van der Waals surface area contributed by atoms with E-state index >= 15 is 0 Å². The minimum atomic E-state index is -0.307. The van der Waals surface area contributed by atoms with E-state index in [4.69, 9.17) is 4.74 Å². The lowest BCUT2D eigenvalue weighted by Crippen LogP contribution is -2.55. The van der Waals surface area contributed by atoms with Gasteiger partial charge in [-0.25, -0.2) is 0 Å². The molecule has 3 rings (SSSR count). The van der Waals surface area contributed by atoms with Crippen molar-refractivity contribution in [1.82, 2.24) is 10.2 Å². The highest BCUT2D eigenvalue weighted by Gasteiger charge is 2.32. The maximum absolute atomic E-state index is 12.3. The van der Waals surface area contributed by atoms with Crippen LogP contribution in [0.15, 0.2) is 30.3 Å². The van der Waals surface area contributed by atoms with E-state index in [1.807, 2.05) is 18.2 Å².